The van der Waals surface area contributed by atoms with Gasteiger partial charge in [0, 0.05) is 18.8 Å². The van der Waals surface area contributed by atoms with Crippen LogP contribution >= 0.6 is 0 Å². The minimum Gasteiger partial charge on any atom is -0.382 e. The molecule has 0 aromatic heterocycles. The summed E-state index contributed by atoms with van der Waals surface area (Å²) in [6.45, 7) is 3.97. The lowest BCUT2D eigenvalue weighted by molar-refractivity contribution is 0.0492. The molecule has 1 aromatic carbocycles. The Morgan fingerprint density at radius 2 is 1.94 bits per heavy atom. The molecule has 1 atom stereocenters. The maximum atomic E-state index is 5.89. The van der Waals surface area contributed by atoms with Crippen molar-refractivity contribution >= 4 is 5.69 Å². The Balaban J connectivity index is 1.62. The van der Waals surface area contributed by atoms with Crippen molar-refractivity contribution < 1.29 is 4.74 Å². The van der Waals surface area contributed by atoms with E-state index in [0.717, 1.165) is 19.1 Å². The molecular weight excluding hydrogens is 210 g/mol. The third kappa shape index (κ3) is 4.39. The molecule has 0 radical (unpaired) electrons. The van der Waals surface area contributed by atoms with Crippen molar-refractivity contribution in [3.05, 3.63) is 30.3 Å². The monoisotopic (exact) mass is 233 g/mol. The summed E-state index contributed by atoms with van der Waals surface area (Å²) in [5.74, 6) is 0.814. The summed E-state index contributed by atoms with van der Waals surface area (Å²) in [6.07, 6.45) is 5.79. The molecular formula is C15H23NO. The van der Waals surface area contributed by atoms with Gasteiger partial charge in [-0.05, 0) is 37.8 Å². The molecule has 1 unspecified atom stereocenters. The number of hydrogen-bond donors (Lipinski definition) is 1. The first-order valence-electron chi connectivity index (χ1n) is 6.75. The molecule has 2 heteroatoms. The van der Waals surface area contributed by atoms with E-state index in [-0.39, 0.29) is 6.10 Å². The highest BCUT2D eigenvalue weighted by atomic mass is 16.5. The first kappa shape index (κ1) is 12.4. The number of para-hydroxylation sites is 1. The average Bonchev–Trinajstić information content (AvgIpc) is 2.88. The summed E-state index contributed by atoms with van der Waals surface area (Å²) in [6, 6.07) is 10.3. The molecule has 2 rings (SSSR count). The molecule has 1 aromatic rings. The van der Waals surface area contributed by atoms with Gasteiger partial charge in [0.15, 0.2) is 0 Å². The van der Waals surface area contributed by atoms with Crippen molar-refractivity contribution in [2.45, 2.75) is 38.7 Å². The number of ether oxygens (including phenoxy) is 1. The topological polar surface area (TPSA) is 21.3 Å². The smallest absolute Gasteiger partial charge is 0.0719 e. The maximum Gasteiger partial charge on any atom is 0.0719 e. The van der Waals surface area contributed by atoms with Gasteiger partial charge in [-0.1, -0.05) is 31.0 Å². The Hall–Kier alpha value is -1.02. The first-order valence-corrected chi connectivity index (χ1v) is 6.75. The Kier molecular flexibility index (Phi) is 4.87. The minimum atomic E-state index is 0.288. The lowest BCUT2D eigenvalue weighted by Gasteiger charge is -2.17. The fraction of sp³-hybridized carbons (Fsp3) is 0.600. The summed E-state index contributed by atoms with van der Waals surface area (Å²) < 4.78 is 5.89. The molecule has 0 bridgehead atoms. The standard InChI is InChI=1S/C15H23NO/c1-13(17-12-14-7-5-6-8-14)11-16-15-9-3-2-4-10-15/h2-4,9-10,13-14,16H,5-8,11-12H2,1H3. The average molecular weight is 233 g/mol. The zero-order chi connectivity index (χ0) is 11.9. The number of nitrogens with one attached hydrogen (secondary N) is 1. The summed E-state index contributed by atoms with van der Waals surface area (Å²) in [7, 11) is 0. The van der Waals surface area contributed by atoms with Crippen molar-refractivity contribution in [3.8, 4) is 0 Å². The maximum absolute atomic E-state index is 5.89. The molecule has 2 nitrogen and oxygen atoms in total. The van der Waals surface area contributed by atoms with Gasteiger partial charge in [-0.25, -0.2) is 0 Å². The molecule has 0 aliphatic heterocycles. The van der Waals surface area contributed by atoms with E-state index in [9.17, 15) is 0 Å². The number of benzene rings is 1. The van der Waals surface area contributed by atoms with Crippen LogP contribution in [0, 0.1) is 5.92 Å². The van der Waals surface area contributed by atoms with Gasteiger partial charge < -0.3 is 10.1 Å². The Morgan fingerprint density at radius 1 is 1.24 bits per heavy atom. The van der Waals surface area contributed by atoms with Gasteiger partial charge in [-0.3, -0.25) is 0 Å². The minimum absolute atomic E-state index is 0.288. The van der Waals surface area contributed by atoms with E-state index in [2.05, 4.69) is 24.4 Å². The van der Waals surface area contributed by atoms with E-state index in [1.54, 1.807) is 0 Å². The van der Waals surface area contributed by atoms with E-state index >= 15 is 0 Å². The normalized spacial score (nSPS) is 18.2. The summed E-state index contributed by atoms with van der Waals surface area (Å²) in [5, 5.41) is 3.39. The molecule has 1 fully saturated rings. The molecule has 1 aliphatic carbocycles. The predicted octanol–water partition coefficient (Wildman–Crippen LogP) is 3.69. The molecule has 0 spiro atoms. The van der Waals surface area contributed by atoms with Gasteiger partial charge in [0.1, 0.15) is 0 Å². The molecule has 1 N–H and O–H groups in total. The van der Waals surface area contributed by atoms with Crippen LogP contribution in [0.1, 0.15) is 32.6 Å². The molecule has 94 valence electrons. The summed E-state index contributed by atoms with van der Waals surface area (Å²) >= 11 is 0. The number of hydrogen-bond acceptors (Lipinski definition) is 2. The van der Waals surface area contributed by atoms with Crippen molar-refractivity contribution in [2.75, 3.05) is 18.5 Å². The van der Waals surface area contributed by atoms with Gasteiger partial charge in [0.2, 0.25) is 0 Å². The van der Waals surface area contributed by atoms with Crippen LogP contribution in [0.4, 0.5) is 5.69 Å². The van der Waals surface area contributed by atoms with Crippen molar-refractivity contribution in [3.63, 3.8) is 0 Å². The molecule has 1 aliphatic rings. The highest BCUT2D eigenvalue weighted by Crippen LogP contribution is 2.25. The highest BCUT2D eigenvalue weighted by molar-refractivity contribution is 5.42. The second-order valence-corrected chi connectivity index (χ2v) is 5.04. The van der Waals surface area contributed by atoms with Crippen LogP contribution in [0.3, 0.4) is 0 Å². The molecule has 17 heavy (non-hydrogen) atoms. The first-order chi connectivity index (χ1) is 8.34. The quantitative estimate of drug-likeness (QED) is 0.809. The number of rotatable bonds is 6. The highest BCUT2D eigenvalue weighted by Gasteiger charge is 2.16. The van der Waals surface area contributed by atoms with Crippen LogP contribution in [0.15, 0.2) is 30.3 Å². The molecule has 0 amide bonds. The van der Waals surface area contributed by atoms with Crippen molar-refractivity contribution in [1.82, 2.24) is 0 Å². The van der Waals surface area contributed by atoms with Crippen molar-refractivity contribution in [1.29, 1.82) is 0 Å². The van der Waals surface area contributed by atoms with Crippen LogP contribution in [0.2, 0.25) is 0 Å². The Labute approximate surface area is 104 Å². The third-order valence-corrected chi connectivity index (χ3v) is 3.46. The Morgan fingerprint density at radius 3 is 2.65 bits per heavy atom. The van der Waals surface area contributed by atoms with Crippen LogP contribution in [-0.4, -0.2) is 19.3 Å². The molecule has 0 heterocycles. The second-order valence-electron chi connectivity index (χ2n) is 5.04. The molecule has 0 saturated heterocycles. The summed E-state index contributed by atoms with van der Waals surface area (Å²) in [4.78, 5) is 0. The zero-order valence-corrected chi connectivity index (χ0v) is 10.7. The third-order valence-electron chi connectivity index (χ3n) is 3.46. The van der Waals surface area contributed by atoms with E-state index < -0.39 is 0 Å². The molecule has 1 saturated carbocycles. The van der Waals surface area contributed by atoms with E-state index in [4.69, 9.17) is 4.74 Å². The van der Waals surface area contributed by atoms with E-state index in [1.807, 2.05) is 18.2 Å². The van der Waals surface area contributed by atoms with Gasteiger partial charge in [0.05, 0.1) is 6.10 Å². The summed E-state index contributed by atoms with van der Waals surface area (Å²) in [5.41, 5.74) is 1.17. The van der Waals surface area contributed by atoms with Gasteiger partial charge in [-0.2, -0.15) is 0 Å². The predicted molar refractivity (Wildman–Crippen MR) is 72.3 cm³/mol. The zero-order valence-electron chi connectivity index (χ0n) is 10.7. The van der Waals surface area contributed by atoms with Crippen molar-refractivity contribution in [2.24, 2.45) is 5.92 Å². The lowest BCUT2D eigenvalue weighted by atomic mass is 10.1. The van der Waals surface area contributed by atoms with Crippen LogP contribution in [0.25, 0.3) is 0 Å². The van der Waals surface area contributed by atoms with Crippen LogP contribution in [-0.2, 0) is 4.74 Å². The van der Waals surface area contributed by atoms with Gasteiger partial charge in [0.25, 0.3) is 0 Å². The van der Waals surface area contributed by atoms with Gasteiger partial charge >= 0.3 is 0 Å². The largest absolute Gasteiger partial charge is 0.382 e. The fourth-order valence-electron chi connectivity index (χ4n) is 2.35. The van der Waals surface area contributed by atoms with Gasteiger partial charge in [-0.15, -0.1) is 0 Å². The van der Waals surface area contributed by atoms with E-state index in [1.165, 1.54) is 31.4 Å². The second kappa shape index (κ2) is 6.65. The fourth-order valence-corrected chi connectivity index (χ4v) is 2.35. The number of anilines is 1. The van der Waals surface area contributed by atoms with Crippen LogP contribution in [0.5, 0.6) is 0 Å². The Bertz CT molecular complexity index is 306. The van der Waals surface area contributed by atoms with Crippen LogP contribution < -0.4 is 5.32 Å². The van der Waals surface area contributed by atoms with E-state index in [0.29, 0.717) is 0 Å². The lowest BCUT2D eigenvalue weighted by Crippen LogP contribution is -2.22. The SMILES string of the molecule is CC(CNc1ccccc1)OCC1CCCC1.